The molecule has 1 aliphatic heterocycles. The zero-order valence-electron chi connectivity index (χ0n) is 9.97. The van der Waals surface area contributed by atoms with Crippen LogP contribution in [0.3, 0.4) is 0 Å². The highest BCUT2D eigenvalue weighted by Gasteiger charge is 2.24. The fourth-order valence-corrected chi connectivity index (χ4v) is 2.76. The number of fused-ring (bicyclic) bond motifs is 5. The van der Waals surface area contributed by atoms with Gasteiger partial charge in [-0.3, -0.25) is 0 Å². The molecule has 0 N–H and O–H groups in total. The van der Waals surface area contributed by atoms with E-state index >= 15 is 0 Å². The summed E-state index contributed by atoms with van der Waals surface area (Å²) in [5.41, 5.74) is 2.36. The first-order valence-electron chi connectivity index (χ1n) is 5.93. The van der Waals surface area contributed by atoms with Crippen LogP contribution < -0.4 is 0 Å². The first-order valence-corrected chi connectivity index (χ1v) is 5.93. The van der Waals surface area contributed by atoms with Crippen molar-refractivity contribution in [1.29, 1.82) is 0 Å². The van der Waals surface area contributed by atoms with Gasteiger partial charge in [0.05, 0.1) is 19.1 Å². The maximum absolute atomic E-state index is 5.63. The highest BCUT2D eigenvalue weighted by atomic mass is 16.7. The Kier molecular flexibility index (Phi) is 2.01. The molecule has 0 spiro atoms. The van der Waals surface area contributed by atoms with E-state index in [1.54, 1.807) is 19.6 Å². The predicted molar refractivity (Wildman–Crippen MR) is 68.3 cm³/mol. The molecule has 3 nitrogen and oxygen atoms in total. The molecule has 1 atom stereocenters. The van der Waals surface area contributed by atoms with Crippen LogP contribution >= 0.6 is 0 Å². The molecule has 18 heavy (non-hydrogen) atoms. The number of benzene rings is 2. The van der Waals surface area contributed by atoms with Gasteiger partial charge in [0, 0.05) is 23.4 Å². The lowest BCUT2D eigenvalue weighted by molar-refractivity contribution is -0.118. The molecule has 0 radical (unpaired) electrons. The highest BCUT2D eigenvalue weighted by molar-refractivity contribution is 6.08. The summed E-state index contributed by atoms with van der Waals surface area (Å²) in [6, 6.07) is 8.42. The van der Waals surface area contributed by atoms with E-state index in [1.165, 1.54) is 16.3 Å². The smallest absolute Gasteiger partial charge is 0.184 e. The largest absolute Gasteiger partial charge is 0.471 e. The fourth-order valence-electron chi connectivity index (χ4n) is 2.76. The molecule has 2 heterocycles. The van der Waals surface area contributed by atoms with Crippen molar-refractivity contribution in [1.82, 2.24) is 0 Å². The third kappa shape index (κ3) is 1.20. The summed E-state index contributed by atoms with van der Waals surface area (Å²) in [5.74, 6) is 0. The van der Waals surface area contributed by atoms with Crippen LogP contribution in [-0.2, 0) is 16.1 Å². The zero-order valence-corrected chi connectivity index (χ0v) is 9.97. The Balaban J connectivity index is 2.09. The van der Waals surface area contributed by atoms with Crippen LogP contribution in [0.5, 0.6) is 0 Å². The highest BCUT2D eigenvalue weighted by Crippen LogP contribution is 2.38. The molecule has 1 aromatic heterocycles. The van der Waals surface area contributed by atoms with E-state index < -0.39 is 0 Å². The quantitative estimate of drug-likeness (QED) is 0.649. The molecule has 3 aromatic rings. The summed E-state index contributed by atoms with van der Waals surface area (Å²) < 4.78 is 16.2. The maximum atomic E-state index is 5.63. The first kappa shape index (κ1) is 10.1. The molecule has 0 aliphatic carbocycles. The molecule has 0 fully saturated rings. The lowest BCUT2D eigenvalue weighted by Gasteiger charge is -2.09. The average molecular weight is 240 g/mol. The minimum Gasteiger partial charge on any atom is -0.471 e. The summed E-state index contributed by atoms with van der Waals surface area (Å²) in [4.78, 5) is 0. The van der Waals surface area contributed by atoms with E-state index in [2.05, 4.69) is 24.3 Å². The summed E-state index contributed by atoms with van der Waals surface area (Å²) in [6.07, 6.45) is 3.34. The van der Waals surface area contributed by atoms with Gasteiger partial charge in [-0.25, -0.2) is 0 Å². The second kappa shape index (κ2) is 3.57. The van der Waals surface area contributed by atoms with E-state index in [1.807, 2.05) is 0 Å². The van der Waals surface area contributed by atoms with Gasteiger partial charge in [-0.05, 0) is 16.3 Å². The Morgan fingerprint density at radius 3 is 2.83 bits per heavy atom. The molecule has 4 rings (SSSR count). The Morgan fingerprint density at radius 1 is 1.06 bits per heavy atom. The average Bonchev–Trinajstić information content (AvgIpc) is 3.04. The van der Waals surface area contributed by atoms with Gasteiger partial charge in [0.15, 0.2) is 6.29 Å². The van der Waals surface area contributed by atoms with Crippen molar-refractivity contribution >= 4 is 21.5 Å². The molecule has 90 valence electrons. The number of hydrogen-bond donors (Lipinski definition) is 0. The Bertz CT molecular complexity index is 742. The Morgan fingerprint density at radius 2 is 1.94 bits per heavy atom. The van der Waals surface area contributed by atoms with Crippen LogP contribution in [0.15, 0.2) is 41.2 Å². The second-order valence-electron chi connectivity index (χ2n) is 4.55. The number of methoxy groups -OCH3 is 1. The summed E-state index contributed by atoms with van der Waals surface area (Å²) in [6.45, 7) is 0.606. The van der Waals surface area contributed by atoms with Gasteiger partial charge >= 0.3 is 0 Å². The van der Waals surface area contributed by atoms with Gasteiger partial charge in [0.2, 0.25) is 0 Å². The molecular weight excluding hydrogens is 228 g/mol. The first-order chi connectivity index (χ1) is 8.88. The van der Waals surface area contributed by atoms with Crippen LogP contribution in [-0.4, -0.2) is 7.11 Å². The molecule has 0 saturated carbocycles. The van der Waals surface area contributed by atoms with Crippen LogP contribution in [0.25, 0.3) is 21.5 Å². The van der Waals surface area contributed by atoms with Gasteiger partial charge in [0.25, 0.3) is 0 Å². The topological polar surface area (TPSA) is 31.6 Å². The van der Waals surface area contributed by atoms with Crippen molar-refractivity contribution in [2.75, 3.05) is 7.11 Å². The summed E-state index contributed by atoms with van der Waals surface area (Å²) in [7, 11) is 1.67. The third-order valence-corrected chi connectivity index (χ3v) is 3.65. The number of hydrogen-bond acceptors (Lipinski definition) is 3. The molecule has 3 heteroatoms. The van der Waals surface area contributed by atoms with Gasteiger partial charge in [-0.2, -0.15) is 0 Å². The number of rotatable bonds is 1. The zero-order chi connectivity index (χ0) is 12.1. The van der Waals surface area contributed by atoms with Crippen molar-refractivity contribution in [3.8, 4) is 0 Å². The molecule has 0 amide bonds. The number of ether oxygens (including phenoxy) is 2. The van der Waals surface area contributed by atoms with Crippen LogP contribution in [0.1, 0.15) is 17.4 Å². The third-order valence-electron chi connectivity index (χ3n) is 3.65. The minimum atomic E-state index is -0.232. The van der Waals surface area contributed by atoms with Gasteiger partial charge in [-0.1, -0.05) is 24.3 Å². The molecular formula is C15H12O3. The standard InChI is InChI=1S/C15H12O3/c1-16-15-12-5-4-10-11(14(12)8-18-15)3-2-9-6-17-7-13(9)10/h2-7,15H,8H2,1H3. The van der Waals surface area contributed by atoms with Crippen molar-refractivity contribution in [2.45, 2.75) is 12.9 Å². The normalized spacial score (nSPS) is 18.6. The van der Waals surface area contributed by atoms with Crippen molar-refractivity contribution in [2.24, 2.45) is 0 Å². The summed E-state index contributed by atoms with van der Waals surface area (Å²) in [5, 5.41) is 4.71. The van der Waals surface area contributed by atoms with Crippen LogP contribution in [0.4, 0.5) is 0 Å². The van der Waals surface area contributed by atoms with Crippen LogP contribution in [0, 0.1) is 0 Å². The maximum Gasteiger partial charge on any atom is 0.184 e. The van der Waals surface area contributed by atoms with Crippen molar-refractivity contribution in [3.63, 3.8) is 0 Å². The van der Waals surface area contributed by atoms with Crippen molar-refractivity contribution in [3.05, 3.63) is 47.9 Å². The van der Waals surface area contributed by atoms with E-state index in [4.69, 9.17) is 13.9 Å². The number of furan rings is 1. The Hall–Kier alpha value is -1.84. The minimum absolute atomic E-state index is 0.232. The monoisotopic (exact) mass is 240 g/mol. The van der Waals surface area contributed by atoms with Gasteiger partial charge in [-0.15, -0.1) is 0 Å². The predicted octanol–water partition coefficient (Wildman–Crippen LogP) is 3.76. The van der Waals surface area contributed by atoms with E-state index in [-0.39, 0.29) is 6.29 Å². The molecule has 0 saturated heterocycles. The Labute approximate surface area is 104 Å². The fraction of sp³-hybridized carbons (Fsp3) is 0.200. The SMILES string of the molecule is COC1OCc2c1ccc1c2ccc2cocc21. The molecule has 1 unspecified atom stereocenters. The van der Waals surface area contributed by atoms with Gasteiger partial charge in [0.1, 0.15) is 0 Å². The molecule has 0 bridgehead atoms. The molecule has 2 aromatic carbocycles. The second-order valence-corrected chi connectivity index (χ2v) is 4.55. The lowest BCUT2D eigenvalue weighted by atomic mass is 9.98. The lowest BCUT2D eigenvalue weighted by Crippen LogP contribution is -1.97. The van der Waals surface area contributed by atoms with E-state index in [0.717, 1.165) is 16.3 Å². The van der Waals surface area contributed by atoms with E-state index in [0.29, 0.717) is 6.61 Å². The van der Waals surface area contributed by atoms with Crippen LogP contribution in [0.2, 0.25) is 0 Å². The van der Waals surface area contributed by atoms with E-state index in [9.17, 15) is 0 Å². The van der Waals surface area contributed by atoms with Crippen molar-refractivity contribution < 1.29 is 13.9 Å². The molecule has 1 aliphatic rings. The van der Waals surface area contributed by atoms with Gasteiger partial charge < -0.3 is 13.9 Å². The summed E-state index contributed by atoms with van der Waals surface area (Å²) >= 11 is 0.